The van der Waals surface area contributed by atoms with Gasteiger partial charge in [0.25, 0.3) is 5.56 Å². The highest BCUT2D eigenvalue weighted by atomic mass is 32.1. The second-order valence-electron chi connectivity index (χ2n) is 4.42. The van der Waals surface area contributed by atoms with Crippen LogP contribution in [0, 0.1) is 0 Å². The molecule has 0 radical (unpaired) electrons. The first-order chi connectivity index (χ1) is 10.1. The van der Waals surface area contributed by atoms with Gasteiger partial charge in [-0.05, 0) is 30.5 Å². The molecule has 0 fully saturated rings. The number of aromatic nitrogens is 1. The molecule has 1 N–H and O–H groups in total. The van der Waals surface area contributed by atoms with Crippen molar-refractivity contribution in [3.05, 3.63) is 54.9 Å². The van der Waals surface area contributed by atoms with Crippen molar-refractivity contribution in [2.45, 2.75) is 20.3 Å². The van der Waals surface area contributed by atoms with Crippen molar-refractivity contribution in [1.82, 2.24) is 4.98 Å². The predicted octanol–water partition coefficient (Wildman–Crippen LogP) is 1.17. The molecule has 21 heavy (non-hydrogen) atoms. The maximum atomic E-state index is 11.9. The van der Waals surface area contributed by atoms with Gasteiger partial charge in [-0.2, -0.15) is 0 Å². The molecule has 0 saturated heterocycles. The van der Waals surface area contributed by atoms with E-state index in [9.17, 15) is 9.59 Å². The van der Waals surface area contributed by atoms with E-state index in [2.05, 4.69) is 11.9 Å². The van der Waals surface area contributed by atoms with Crippen LogP contribution in [0.1, 0.15) is 25.0 Å². The Morgan fingerprint density at radius 3 is 2.62 bits per heavy atom. The first-order valence-corrected chi connectivity index (χ1v) is 7.62. The van der Waals surface area contributed by atoms with Gasteiger partial charge in [0.05, 0.1) is 17.2 Å². The van der Waals surface area contributed by atoms with Gasteiger partial charge in [0.15, 0.2) is 0 Å². The topological polar surface area (TPSA) is 59.2 Å². The number of carbonyl (C=O) groups excluding carboxylic acids is 1. The number of carbonyl (C=O) groups is 1. The normalized spacial score (nSPS) is 12.7. The van der Waals surface area contributed by atoms with Crippen LogP contribution in [0.4, 0.5) is 0 Å². The average molecular weight is 303 g/mol. The van der Waals surface area contributed by atoms with Gasteiger partial charge in [-0.25, -0.2) is 4.79 Å². The molecule has 1 aromatic carbocycles. The molecule has 1 heterocycles. The summed E-state index contributed by atoms with van der Waals surface area (Å²) in [6.07, 6.45) is 4.09. The zero-order valence-electron chi connectivity index (χ0n) is 12.0. The van der Waals surface area contributed by atoms with E-state index >= 15 is 0 Å². The third-order valence-electron chi connectivity index (χ3n) is 2.90. The van der Waals surface area contributed by atoms with Gasteiger partial charge in [0, 0.05) is 0 Å². The van der Waals surface area contributed by atoms with E-state index in [-0.39, 0.29) is 5.56 Å². The van der Waals surface area contributed by atoms with Gasteiger partial charge < -0.3 is 9.72 Å². The maximum absolute atomic E-state index is 11.9. The quantitative estimate of drug-likeness (QED) is 0.863. The lowest BCUT2D eigenvalue weighted by Gasteiger charge is -1.96. The second kappa shape index (κ2) is 7.04. The minimum Gasteiger partial charge on any atom is -0.463 e. The summed E-state index contributed by atoms with van der Waals surface area (Å²) in [5, 5.41) is 0. The number of rotatable bonds is 4. The molecule has 1 aromatic heterocycles. The number of hydrogen-bond donors (Lipinski definition) is 1. The van der Waals surface area contributed by atoms with Crippen LogP contribution < -0.4 is 14.8 Å². The van der Waals surface area contributed by atoms with Crippen molar-refractivity contribution in [2.75, 3.05) is 6.61 Å². The number of benzene rings is 1. The van der Waals surface area contributed by atoms with Crippen molar-refractivity contribution in [3.8, 4) is 0 Å². The highest BCUT2D eigenvalue weighted by molar-refractivity contribution is 7.07. The molecule has 2 aromatic rings. The summed E-state index contributed by atoms with van der Waals surface area (Å²) in [5.41, 5.74) is 2.01. The van der Waals surface area contributed by atoms with Crippen molar-refractivity contribution < 1.29 is 9.53 Å². The van der Waals surface area contributed by atoms with Crippen molar-refractivity contribution in [3.63, 3.8) is 0 Å². The fraction of sp³-hybridized carbons (Fsp3) is 0.250. The Kier molecular flexibility index (Phi) is 5.11. The fourth-order valence-electron chi connectivity index (χ4n) is 1.82. The van der Waals surface area contributed by atoms with Crippen molar-refractivity contribution in [1.29, 1.82) is 0 Å². The Morgan fingerprint density at radius 2 is 2.00 bits per heavy atom. The Morgan fingerprint density at radius 1 is 1.29 bits per heavy atom. The Balaban J connectivity index is 2.36. The third kappa shape index (κ3) is 4.16. The van der Waals surface area contributed by atoms with Crippen LogP contribution in [0.15, 0.2) is 29.1 Å². The molecule has 0 bridgehead atoms. The third-order valence-corrected chi connectivity index (χ3v) is 3.86. The van der Waals surface area contributed by atoms with Crippen molar-refractivity contribution in [2.24, 2.45) is 0 Å². The first kappa shape index (κ1) is 15.3. The number of aromatic amines is 1. The summed E-state index contributed by atoms with van der Waals surface area (Å²) in [4.78, 5) is 25.9. The van der Waals surface area contributed by atoms with E-state index < -0.39 is 5.97 Å². The SMILES string of the molecule is CCOC(=O)C=c1[nH]c(=O)c(=Cc2ccc(CC)cc2)s1. The minimum atomic E-state index is -0.450. The fourth-order valence-corrected chi connectivity index (χ4v) is 2.69. The van der Waals surface area contributed by atoms with Gasteiger partial charge in [-0.15, -0.1) is 11.3 Å². The molecule has 0 unspecified atom stereocenters. The summed E-state index contributed by atoms with van der Waals surface area (Å²) < 4.78 is 5.88. The summed E-state index contributed by atoms with van der Waals surface area (Å²) in [7, 11) is 0. The standard InChI is InChI=1S/C16H17NO3S/c1-3-11-5-7-12(8-6-11)9-13-16(19)17-14(21-13)10-15(18)20-4-2/h5-10H,3-4H2,1-2H3,(H,17,19). The molecule has 0 aliphatic rings. The van der Waals surface area contributed by atoms with Gasteiger partial charge >= 0.3 is 5.97 Å². The van der Waals surface area contributed by atoms with E-state index in [1.54, 1.807) is 6.92 Å². The minimum absolute atomic E-state index is 0.199. The summed E-state index contributed by atoms with van der Waals surface area (Å²) in [6.45, 7) is 4.15. The molecule has 2 rings (SSSR count). The summed E-state index contributed by atoms with van der Waals surface area (Å²) in [5.74, 6) is -0.450. The largest absolute Gasteiger partial charge is 0.463 e. The van der Waals surface area contributed by atoms with Gasteiger partial charge in [0.1, 0.15) is 4.66 Å². The Bertz CT molecular complexity index is 784. The van der Waals surface area contributed by atoms with Crippen LogP contribution >= 0.6 is 11.3 Å². The van der Waals surface area contributed by atoms with Crippen LogP contribution in [0.2, 0.25) is 0 Å². The lowest BCUT2D eigenvalue weighted by molar-refractivity contribution is -0.135. The number of ether oxygens (including phenoxy) is 1. The van der Waals surface area contributed by atoms with Gasteiger partial charge in [-0.3, -0.25) is 4.79 Å². The molecule has 110 valence electrons. The zero-order valence-corrected chi connectivity index (χ0v) is 12.8. The highest BCUT2D eigenvalue weighted by Crippen LogP contribution is 2.05. The Labute approximate surface area is 126 Å². The van der Waals surface area contributed by atoms with Crippen LogP contribution in [0.5, 0.6) is 0 Å². The van der Waals surface area contributed by atoms with E-state index in [1.165, 1.54) is 23.0 Å². The number of esters is 1. The lowest BCUT2D eigenvalue weighted by Crippen LogP contribution is -2.20. The van der Waals surface area contributed by atoms with E-state index in [1.807, 2.05) is 30.3 Å². The summed E-state index contributed by atoms with van der Waals surface area (Å²) in [6, 6.07) is 8.04. The Hall–Kier alpha value is -2.14. The smallest absolute Gasteiger partial charge is 0.333 e. The van der Waals surface area contributed by atoms with E-state index in [0.29, 0.717) is 15.8 Å². The maximum Gasteiger partial charge on any atom is 0.333 e. The van der Waals surface area contributed by atoms with Crippen LogP contribution in [-0.4, -0.2) is 17.6 Å². The monoisotopic (exact) mass is 303 g/mol. The summed E-state index contributed by atoms with van der Waals surface area (Å²) >= 11 is 1.24. The molecule has 0 atom stereocenters. The van der Waals surface area contributed by atoms with Crippen LogP contribution in [0.3, 0.4) is 0 Å². The first-order valence-electron chi connectivity index (χ1n) is 6.80. The lowest BCUT2D eigenvalue weighted by atomic mass is 10.1. The molecule has 5 heteroatoms. The van der Waals surface area contributed by atoms with Gasteiger partial charge in [0.2, 0.25) is 0 Å². The number of aryl methyl sites for hydroxylation is 1. The molecular formula is C16H17NO3S. The molecular weight excluding hydrogens is 286 g/mol. The molecule has 0 aliphatic heterocycles. The molecule has 0 amide bonds. The van der Waals surface area contributed by atoms with Gasteiger partial charge in [-0.1, -0.05) is 31.2 Å². The molecule has 0 saturated carbocycles. The second-order valence-corrected chi connectivity index (χ2v) is 5.50. The average Bonchev–Trinajstić information content (AvgIpc) is 2.79. The number of nitrogens with one attached hydrogen (secondary N) is 1. The zero-order chi connectivity index (χ0) is 15.2. The molecule has 4 nitrogen and oxygen atoms in total. The number of thiazole rings is 1. The van der Waals surface area contributed by atoms with E-state index in [4.69, 9.17) is 4.74 Å². The van der Waals surface area contributed by atoms with Crippen LogP contribution in [0.25, 0.3) is 12.2 Å². The number of H-pyrrole nitrogens is 1. The number of hydrogen-bond acceptors (Lipinski definition) is 4. The molecule has 0 aliphatic carbocycles. The predicted molar refractivity (Wildman–Crippen MR) is 84.7 cm³/mol. The van der Waals surface area contributed by atoms with E-state index in [0.717, 1.165) is 12.0 Å². The molecule has 0 spiro atoms. The highest BCUT2D eigenvalue weighted by Gasteiger charge is 1.99. The van der Waals surface area contributed by atoms with Crippen molar-refractivity contribution >= 4 is 29.5 Å². The van der Waals surface area contributed by atoms with Crippen LogP contribution in [-0.2, 0) is 16.0 Å².